The van der Waals surface area contributed by atoms with Gasteiger partial charge in [0.2, 0.25) is 21.8 Å². The van der Waals surface area contributed by atoms with E-state index in [1.807, 2.05) is 6.92 Å². The van der Waals surface area contributed by atoms with Crippen LogP contribution >= 0.6 is 11.6 Å². The number of nitrogens with one attached hydrogen (secondary N) is 1. The second kappa shape index (κ2) is 9.40. The van der Waals surface area contributed by atoms with E-state index in [2.05, 4.69) is 5.32 Å². The fourth-order valence-corrected chi connectivity index (χ4v) is 5.57. The number of carbonyl (C=O) groups excluding carboxylic acids is 3. The molecule has 0 aromatic heterocycles. The minimum absolute atomic E-state index is 0.0305. The molecule has 1 saturated heterocycles. The Kier molecular flexibility index (Phi) is 7.02. The lowest BCUT2D eigenvalue weighted by atomic mass is 10.2. The Bertz CT molecular complexity index is 1130. The molecule has 0 aliphatic carbocycles. The summed E-state index contributed by atoms with van der Waals surface area (Å²) in [5.74, 6) is -1.36. The number of imide groups is 1. The Morgan fingerprint density at radius 3 is 2.28 bits per heavy atom. The molecule has 170 valence electrons. The van der Waals surface area contributed by atoms with Crippen LogP contribution in [0.3, 0.4) is 0 Å². The van der Waals surface area contributed by atoms with E-state index in [0.29, 0.717) is 22.8 Å². The van der Waals surface area contributed by atoms with Crippen LogP contribution in [-0.4, -0.2) is 42.5 Å². The summed E-state index contributed by atoms with van der Waals surface area (Å²) in [5.41, 5.74) is 0.792. The monoisotopic (exact) mass is 477 g/mol. The van der Waals surface area contributed by atoms with Crippen LogP contribution in [0.2, 0.25) is 5.02 Å². The van der Waals surface area contributed by atoms with Crippen molar-refractivity contribution in [1.82, 2.24) is 4.31 Å². The molecule has 1 aliphatic heterocycles. The summed E-state index contributed by atoms with van der Waals surface area (Å²) in [5, 5.41) is 3.03. The number of anilines is 2. The van der Waals surface area contributed by atoms with Crippen molar-refractivity contribution in [2.24, 2.45) is 0 Å². The summed E-state index contributed by atoms with van der Waals surface area (Å²) in [7, 11) is -4.11. The third kappa shape index (κ3) is 4.69. The highest BCUT2D eigenvalue weighted by Gasteiger charge is 2.48. The quantitative estimate of drug-likeness (QED) is 0.615. The number of halogens is 1. The summed E-state index contributed by atoms with van der Waals surface area (Å²) < 4.78 is 28.2. The number of carbonyl (C=O) groups is 3. The average Bonchev–Trinajstić information content (AvgIpc) is 3.02. The third-order valence-corrected chi connectivity index (χ3v) is 7.58. The van der Waals surface area contributed by atoms with Crippen molar-refractivity contribution in [2.45, 2.75) is 50.6 Å². The van der Waals surface area contributed by atoms with Gasteiger partial charge in [0.15, 0.2) is 0 Å². The summed E-state index contributed by atoms with van der Waals surface area (Å²) in [6, 6.07) is 10.2. The molecule has 0 bridgehead atoms. The first-order valence-corrected chi connectivity index (χ1v) is 11.9. The van der Waals surface area contributed by atoms with Crippen molar-refractivity contribution in [3.63, 3.8) is 0 Å². The first-order chi connectivity index (χ1) is 15.1. The first kappa shape index (κ1) is 23.9. The van der Waals surface area contributed by atoms with Gasteiger partial charge in [-0.15, -0.1) is 0 Å². The Morgan fingerprint density at radius 1 is 1.16 bits per heavy atom. The van der Waals surface area contributed by atoms with Crippen LogP contribution in [0.5, 0.6) is 0 Å². The van der Waals surface area contributed by atoms with E-state index < -0.39 is 33.9 Å². The fourth-order valence-electron chi connectivity index (χ4n) is 3.60. The molecular weight excluding hydrogens is 454 g/mol. The summed E-state index contributed by atoms with van der Waals surface area (Å²) in [4.78, 5) is 38.1. The Hall–Kier alpha value is -2.75. The average molecular weight is 478 g/mol. The van der Waals surface area contributed by atoms with E-state index in [4.69, 9.17) is 11.6 Å². The maximum Gasteiger partial charge on any atom is 0.252 e. The molecular formula is C22H24ClN3O5S. The lowest BCUT2D eigenvalue weighted by molar-refractivity contribution is -0.122. The number of hydrogen-bond donors (Lipinski definition) is 1. The Labute approximate surface area is 192 Å². The molecule has 0 radical (unpaired) electrons. The zero-order chi connectivity index (χ0) is 23.6. The number of nitrogens with zero attached hydrogens (tertiary/aromatic N) is 2. The summed E-state index contributed by atoms with van der Waals surface area (Å²) in [6.07, 6.45) is 0.192. The molecule has 2 unspecified atom stereocenters. The van der Waals surface area contributed by atoms with Gasteiger partial charge in [-0.1, -0.05) is 18.5 Å². The topological polar surface area (TPSA) is 104 Å². The van der Waals surface area contributed by atoms with Gasteiger partial charge >= 0.3 is 0 Å². The van der Waals surface area contributed by atoms with E-state index >= 15 is 0 Å². The Morgan fingerprint density at radius 2 is 1.75 bits per heavy atom. The van der Waals surface area contributed by atoms with Gasteiger partial charge in [-0.05, 0) is 61.9 Å². The normalized spacial score (nSPS) is 17.7. The minimum Gasteiger partial charge on any atom is -0.326 e. The van der Waals surface area contributed by atoms with Gasteiger partial charge in [0, 0.05) is 23.7 Å². The van der Waals surface area contributed by atoms with Crippen LogP contribution in [0.1, 0.15) is 33.6 Å². The highest BCUT2D eigenvalue weighted by atomic mass is 35.5. The predicted octanol–water partition coefficient (Wildman–Crippen LogP) is 3.42. The van der Waals surface area contributed by atoms with Crippen molar-refractivity contribution in [2.75, 3.05) is 10.2 Å². The molecule has 10 heteroatoms. The van der Waals surface area contributed by atoms with Crippen LogP contribution in [0.25, 0.3) is 0 Å². The molecule has 3 amide bonds. The standard InChI is InChI=1S/C22H24ClN3O5S/c1-4-14(2)26(32(30,31)19-11-7-17(8-12-19)24-15(3)27)20-13-21(28)25(22(20)29)18-9-5-16(23)6-10-18/h5-12,14,20H,4,13H2,1-3H3,(H,24,27). The van der Waals surface area contributed by atoms with Gasteiger partial charge in [-0.25, -0.2) is 13.3 Å². The SMILES string of the molecule is CCC(C)N(C1CC(=O)N(c2ccc(Cl)cc2)C1=O)S(=O)(=O)c1ccc(NC(C)=O)cc1. The van der Waals surface area contributed by atoms with E-state index in [-0.39, 0.29) is 17.2 Å². The van der Waals surface area contributed by atoms with Crippen LogP contribution in [0.4, 0.5) is 11.4 Å². The Balaban J connectivity index is 1.97. The van der Waals surface area contributed by atoms with Crippen LogP contribution < -0.4 is 10.2 Å². The van der Waals surface area contributed by atoms with Crippen molar-refractivity contribution in [1.29, 1.82) is 0 Å². The van der Waals surface area contributed by atoms with Gasteiger partial charge in [0.1, 0.15) is 6.04 Å². The second-order valence-corrected chi connectivity index (χ2v) is 9.84. The molecule has 2 aromatic rings. The molecule has 2 aromatic carbocycles. The van der Waals surface area contributed by atoms with Gasteiger partial charge in [0.05, 0.1) is 17.0 Å². The molecule has 0 saturated carbocycles. The van der Waals surface area contributed by atoms with E-state index in [0.717, 1.165) is 9.21 Å². The second-order valence-electron chi connectivity index (χ2n) is 7.56. The van der Waals surface area contributed by atoms with E-state index in [1.54, 1.807) is 31.2 Å². The summed E-state index contributed by atoms with van der Waals surface area (Å²) in [6.45, 7) is 4.86. The molecule has 1 N–H and O–H groups in total. The van der Waals surface area contributed by atoms with Crippen LogP contribution in [0.15, 0.2) is 53.4 Å². The number of benzene rings is 2. The zero-order valence-corrected chi connectivity index (χ0v) is 19.5. The number of amides is 3. The van der Waals surface area contributed by atoms with Crippen molar-refractivity contribution in [3.8, 4) is 0 Å². The molecule has 32 heavy (non-hydrogen) atoms. The molecule has 1 heterocycles. The van der Waals surface area contributed by atoms with Crippen LogP contribution in [-0.2, 0) is 24.4 Å². The lowest BCUT2D eigenvalue weighted by Gasteiger charge is -2.31. The minimum atomic E-state index is -4.11. The molecule has 1 fully saturated rings. The number of rotatable bonds is 7. The maximum atomic E-state index is 13.5. The first-order valence-electron chi connectivity index (χ1n) is 10.1. The predicted molar refractivity (Wildman–Crippen MR) is 122 cm³/mol. The zero-order valence-electron chi connectivity index (χ0n) is 17.9. The van der Waals surface area contributed by atoms with Gasteiger partial charge in [-0.3, -0.25) is 14.4 Å². The molecule has 3 rings (SSSR count). The van der Waals surface area contributed by atoms with Crippen molar-refractivity contribution >= 4 is 50.7 Å². The highest BCUT2D eigenvalue weighted by Crippen LogP contribution is 2.32. The largest absolute Gasteiger partial charge is 0.326 e. The van der Waals surface area contributed by atoms with Gasteiger partial charge in [0.25, 0.3) is 5.91 Å². The van der Waals surface area contributed by atoms with Crippen LogP contribution in [0, 0.1) is 0 Å². The fraction of sp³-hybridized carbons (Fsp3) is 0.318. The van der Waals surface area contributed by atoms with Gasteiger partial charge in [-0.2, -0.15) is 4.31 Å². The third-order valence-electron chi connectivity index (χ3n) is 5.29. The number of sulfonamides is 1. The van der Waals surface area contributed by atoms with Gasteiger partial charge < -0.3 is 5.32 Å². The lowest BCUT2D eigenvalue weighted by Crippen LogP contribution is -2.49. The molecule has 0 spiro atoms. The van der Waals surface area contributed by atoms with Crippen molar-refractivity contribution in [3.05, 3.63) is 53.6 Å². The van der Waals surface area contributed by atoms with E-state index in [1.165, 1.54) is 31.2 Å². The molecule has 1 aliphatic rings. The maximum absolute atomic E-state index is 13.5. The number of hydrogen-bond acceptors (Lipinski definition) is 5. The van der Waals surface area contributed by atoms with Crippen molar-refractivity contribution < 1.29 is 22.8 Å². The highest BCUT2D eigenvalue weighted by molar-refractivity contribution is 7.89. The molecule has 2 atom stereocenters. The summed E-state index contributed by atoms with van der Waals surface area (Å²) >= 11 is 5.90. The molecule has 8 nitrogen and oxygen atoms in total. The smallest absolute Gasteiger partial charge is 0.252 e. The van der Waals surface area contributed by atoms with E-state index in [9.17, 15) is 22.8 Å².